The lowest BCUT2D eigenvalue weighted by Gasteiger charge is -2.49. The SMILES string of the molecule is COCCCN1C(=O)COc2ccc(C(O[C@H]3CNC[C@@H](O[Si](C(C)C)(C(C)C)C(C)C)[C@@H]3c3ccc(OC)cc3)S(=O)(=O)c3ccc(C)cc3)cc21. The van der Waals surface area contributed by atoms with Crippen molar-refractivity contribution >= 4 is 29.7 Å². The Morgan fingerprint density at radius 3 is 2.13 bits per heavy atom. The molecule has 0 aliphatic carbocycles. The molecule has 290 valence electrons. The van der Waals surface area contributed by atoms with Crippen molar-refractivity contribution in [3.8, 4) is 11.5 Å². The first-order valence-electron chi connectivity index (χ1n) is 18.8. The molecule has 1 N–H and O–H groups in total. The van der Waals surface area contributed by atoms with Gasteiger partial charge in [0.1, 0.15) is 11.5 Å². The van der Waals surface area contributed by atoms with E-state index in [-0.39, 0.29) is 29.4 Å². The maximum Gasteiger partial charge on any atom is 0.265 e. The molecule has 0 bridgehead atoms. The average Bonchev–Trinajstić information content (AvgIpc) is 3.13. The number of nitrogens with one attached hydrogen (secondary N) is 1. The number of ether oxygens (including phenoxy) is 4. The summed E-state index contributed by atoms with van der Waals surface area (Å²) in [7, 11) is -3.24. The second-order valence-electron chi connectivity index (χ2n) is 15.2. The van der Waals surface area contributed by atoms with E-state index in [9.17, 15) is 13.2 Å². The predicted octanol–water partition coefficient (Wildman–Crippen LogP) is 7.57. The number of fused-ring (bicyclic) bond motifs is 1. The van der Waals surface area contributed by atoms with Gasteiger partial charge >= 0.3 is 0 Å². The fourth-order valence-electron chi connectivity index (χ4n) is 8.35. The van der Waals surface area contributed by atoms with Gasteiger partial charge in [-0.2, -0.15) is 0 Å². The van der Waals surface area contributed by atoms with E-state index in [2.05, 4.69) is 46.9 Å². The fourth-order valence-corrected chi connectivity index (χ4v) is 15.5. The normalized spacial score (nSPS) is 20.1. The Hall–Kier alpha value is -3.26. The van der Waals surface area contributed by atoms with E-state index < -0.39 is 29.7 Å². The zero-order chi connectivity index (χ0) is 38.5. The molecule has 3 aromatic rings. The molecule has 3 aromatic carbocycles. The van der Waals surface area contributed by atoms with E-state index in [0.717, 1.165) is 16.9 Å². The molecule has 0 saturated carbocycles. The monoisotopic (exact) mass is 766 g/mol. The van der Waals surface area contributed by atoms with E-state index in [0.29, 0.717) is 66.3 Å². The highest BCUT2D eigenvalue weighted by atomic mass is 32.2. The molecule has 10 nitrogen and oxygen atoms in total. The minimum absolute atomic E-state index is 0.0898. The van der Waals surface area contributed by atoms with Crippen LogP contribution in [-0.4, -0.2) is 81.9 Å². The summed E-state index contributed by atoms with van der Waals surface area (Å²) in [4.78, 5) is 14.9. The van der Waals surface area contributed by atoms with E-state index in [1.54, 1.807) is 61.6 Å². The van der Waals surface area contributed by atoms with Crippen LogP contribution in [0.5, 0.6) is 11.5 Å². The van der Waals surface area contributed by atoms with Crippen molar-refractivity contribution in [1.29, 1.82) is 0 Å². The van der Waals surface area contributed by atoms with Crippen LogP contribution in [0.15, 0.2) is 71.6 Å². The minimum Gasteiger partial charge on any atom is -0.497 e. The van der Waals surface area contributed by atoms with Gasteiger partial charge < -0.3 is 33.6 Å². The fraction of sp³-hybridized carbons (Fsp3) is 0.537. The number of hydrogen-bond donors (Lipinski definition) is 1. The summed E-state index contributed by atoms with van der Waals surface area (Å²) in [5.41, 5.74) is 2.50. The highest BCUT2D eigenvalue weighted by Gasteiger charge is 2.50. The molecule has 0 spiro atoms. The first-order chi connectivity index (χ1) is 25.2. The molecule has 1 saturated heterocycles. The Morgan fingerprint density at radius 2 is 1.53 bits per heavy atom. The van der Waals surface area contributed by atoms with Crippen molar-refractivity contribution < 1.29 is 36.6 Å². The van der Waals surface area contributed by atoms with Crippen LogP contribution in [0.3, 0.4) is 0 Å². The number of anilines is 1. The summed E-state index contributed by atoms with van der Waals surface area (Å²) in [6, 6.07) is 20.0. The van der Waals surface area contributed by atoms with Gasteiger partial charge in [-0.3, -0.25) is 4.79 Å². The quantitative estimate of drug-likeness (QED) is 0.117. The van der Waals surface area contributed by atoms with Gasteiger partial charge in [0.05, 0.1) is 29.9 Å². The number of piperidine rings is 1. The lowest BCUT2D eigenvalue weighted by Crippen LogP contribution is -2.58. The van der Waals surface area contributed by atoms with Crippen molar-refractivity contribution in [2.45, 2.75) is 100.0 Å². The van der Waals surface area contributed by atoms with Gasteiger partial charge in [-0.05, 0) is 77.5 Å². The second kappa shape index (κ2) is 17.5. The molecule has 0 radical (unpaired) electrons. The summed E-state index contributed by atoms with van der Waals surface area (Å²) in [5, 5.41) is 3.56. The van der Waals surface area contributed by atoms with Crippen molar-refractivity contribution in [2.75, 3.05) is 52.0 Å². The van der Waals surface area contributed by atoms with Gasteiger partial charge in [-0.1, -0.05) is 77.4 Å². The maximum atomic E-state index is 14.8. The van der Waals surface area contributed by atoms with Crippen LogP contribution in [0.2, 0.25) is 16.6 Å². The Labute approximate surface area is 317 Å². The zero-order valence-corrected chi connectivity index (χ0v) is 34.6. The minimum atomic E-state index is -4.12. The Morgan fingerprint density at radius 1 is 0.887 bits per heavy atom. The van der Waals surface area contributed by atoms with Gasteiger partial charge in [-0.15, -0.1) is 0 Å². The van der Waals surface area contributed by atoms with Gasteiger partial charge in [0.2, 0.25) is 18.2 Å². The van der Waals surface area contributed by atoms with Crippen LogP contribution in [0.1, 0.15) is 76.0 Å². The third-order valence-electron chi connectivity index (χ3n) is 10.9. The van der Waals surface area contributed by atoms with Gasteiger partial charge in [-0.25, -0.2) is 8.42 Å². The van der Waals surface area contributed by atoms with E-state index in [1.807, 2.05) is 31.2 Å². The largest absolute Gasteiger partial charge is 0.497 e. The van der Waals surface area contributed by atoms with E-state index >= 15 is 0 Å². The van der Waals surface area contributed by atoms with Crippen LogP contribution >= 0.6 is 0 Å². The number of rotatable bonds is 16. The standard InChI is InChI=1S/C41H58N2O8SSi/c1-27(2)53(28(3)4,29(5)6)51-38-25-42-24-37(40(38)31-13-16-33(48-9)17-14-31)50-41(52(45,46)34-18-11-30(7)12-19-34)32-15-20-36-35(23-32)43(21-10-22-47-8)39(44)26-49-36/h11-20,23,27-29,37-38,40-42H,10,21-22,24-26H2,1-9H3/t37-,38+,40+,41?/m0/s1. The number of nitrogens with zero attached hydrogens (tertiary/aromatic N) is 1. The third-order valence-corrected chi connectivity index (χ3v) is 18.9. The molecular weight excluding hydrogens is 709 g/mol. The third kappa shape index (κ3) is 8.68. The Bertz CT molecular complexity index is 1760. The molecule has 0 aromatic heterocycles. The lowest BCUT2D eigenvalue weighted by atomic mass is 9.85. The number of carbonyl (C=O) groups is 1. The van der Waals surface area contributed by atoms with Crippen LogP contribution < -0.4 is 19.7 Å². The summed E-state index contributed by atoms with van der Waals surface area (Å²) >= 11 is 0. The van der Waals surface area contributed by atoms with Gasteiger partial charge in [0.25, 0.3) is 5.91 Å². The summed E-state index contributed by atoms with van der Waals surface area (Å²) in [6.07, 6.45) is -0.271. The van der Waals surface area contributed by atoms with Crippen LogP contribution in [0, 0.1) is 6.92 Å². The van der Waals surface area contributed by atoms with Gasteiger partial charge in [0.15, 0.2) is 12.0 Å². The molecule has 2 heterocycles. The molecule has 5 rings (SSSR count). The first-order valence-corrected chi connectivity index (χ1v) is 22.5. The maximum absolute atomic E-state index is 14.8. The number of carbonyl (C=O) groups excluding carboxylic acids is 1. The first kappa shape index (κ1) is 40.9. The van der Waals surface area contributed by atoms with Crippen molar-refractivity contribution in [2.24, 2.45) is 0 Å². The Balaban J connectivity index is 1.63. The number of methoxy groups -OCH3 is 2. The number of aryl methyl sites for hydroxylation is 1. The van der Waals surface area contributed by atoms with E-state index in [4.69, 9.17) is 23.4 Å². The second-order valence-corrected chi connectivity index (χ2v) is 22.6. The topological polar surface area (TPSA) is 113 Å². The van der Waals surface area contributed by atoms with Gasteiger partial charge in [0, 0.05) is 39.3 Å². The molecule has 1 amide bonds. The molecule has 2 aliphatic heterocycles. The molecule has 4 atom stereocenters. The predicted molar refractivity (Wildman–Crippen MR) is 211 cm³/mol. The number of hydrogen-bond acceptors (Lipinski definition) is 9. The summed E-state index contributed by atoms with van der Waals surface area (Å²) in [5.74, 6) is 0.745. The Kier molecular flexibility index (Phi) is 13.5. The highest BCUT2D eigenvalue weighted by Crippen LogP contribution is 2.47. The molecule has 1 unspecified atom stereocenters. The molecular formula is C41H58N2O8SSi. The van der Waals surface area contributed by atoms with Crippen molar-refractivity contribution in [3.05, 3.63) is 83.4 Å². The van der Waals surface area contributed by atoms with Crippen LogP contribution in [0.25, 0.3) is 0 Å². The van der Waals surface area contributed by atoms with Crippen LogP contribution in [0.4, 0.5) is 5.69 Å². The molecule has 53 heavy (non-hydrogen) atoms. The molecule has 12 heteroatoms. The zero-order valence-electron chi connectivity index (χ0n) is 32.8. The molecule has 1 fully saturated rings. The van der Waals surface area contributed by atoms with Crippen molar-refractivity contribution in [1.82, 2.24) is 5.32 Å². The number of benzene rings is 3. The number of amides is 1. The summed E-state index contributed by atoms with van der Waals surface area (Å²) < 4.78 is 60.7. The summed E-state index contributed by atoms with van der Waals surface area (Å²) in [6.45, 7) is 17.3. The average molecular weight is 767 g/mol. The van der Waals surface area contributed by atoms with E-state index in [1.165, 1.54) is 0 Å². The van der Waals surface area contributed by atoms with Crippen LogP contribution in [-0.2, 0) is 28.5 Å². The molecule has 2 aliphatic rings. The highest BCUT2D eigenvalue weighted by molar-refractivity contribution is 7.91. The number of sulfone groups is 1. The smallest absolute Gasteiger partial charge is 0.265 e. The lowest BCUT2D eigenvalue weighted by molar-refractivity contribution is -0.121. The van der Waals surface area contributed by atoms with Crippen molar-refractivity contribution in [3.63, 3.8) is 0 Å².